The molecule has 1 aromatic rings. The van der Waals surface area contributed by atoms with Crippen molar-refractivity contribution in [2.24, 2.45) is 0 Å². The van der Waals surface area contributed by atoms with E-state index in [1.54, 1.807) is 0 Å². The molecule has 10 heteroatoms. The van der Waals surface area contributed by atoms with Crippen molar-refractivity contribution in [1.82, 2.24) is 14.9 Å². The second-order valence-electron chi connectivity index (χ2n) is 5.73. The summed E-state index contributed by atoms with van der Waals surface area (Å²) >= 11 is 0. The van der Waals surface area contributed by atoms with Gasteiger partial charge in [-0.2, -0.15) is 4.31 Å². The Kier molecular flexibility index (Phi) is 10.4. The number of nitrogens with one attached hydrogen (secondary N) is 3. The molecule has 0 saturated carbocycles. The maximum Gasteiger partial charge on any atom is 0.243 e. The van der Waals surface area contributed by atoms with E-state index >= 15 is 0 Å². The second-order valence-corrected chi connectivity index (χ2v) is 7.77. The quantitative estimate of drug-likeness (QED) is 0.562. The normalized spacial score (nSPS) is 12.2. The Morgan fingerprint density at radius 3 is 2.27 bits per heavy atom. The first-order valence-corrected chi connectivity index (χ1v) is 9.45. The van der Waals surface area contributed by atoms with Gasteiger partial charge in [0.2, 0.25) is 21.8 Å². The summed E-state index contributed by atoms with van der Waals surface area (Å²) in [5.74, 6) is -0.609. The minimum Gasteiger partial charge on any atom is -0.353 e. The van der Waals surface area contributed by atoms with E-state index in [-0.39, 0.29) is 41.7 Å². The lowest BCUT2D eigenvalue weighted by Crippen LogP contribution is -2.43. The van der Waals surface area contributed by atoms with Crippen LogP contribution in [0.1, 0.15) is 20.8 Å². The summed E-state index contributed by atoms with van der Waals surface area (Å²) in [6.45, 7) is 6.21. The summed E-state index contributed by atoms with van der Waals surface area (Å²) in [5.41, 5.74) is 0.504. The summed E-state index contributed by atoms with van der Waals surface area (Å²) in [7, 11) is -2.43. The molecule has 0 aromatic heterocycles. The number of amides is 2. The highest BCUT2D eigenvalue weighted by atomic mass is 35.5. The molecule has 1 atom stereocenters. The van der Waals surface area contributed by atoms with Gasteiger partial charge in [-0.05, 0) is 37.7 Å². The maximum absolute atomic E-state index is 12.5. The Labute approximate surface area is 161 Å². The molecule has 0 aliphatic carbocycles. The van der Waals surface area contributed by atoms with Crippen LogP contribution in [0.4, 0.5) is 5.69 Å². The lowest BCUT2D eigenvalue weighted by atomic mass is 10.3. The van der Waals surface area contributed by atoms with Crippen molar-refractivity contribution in [1.29, 1.82) is 0 Å². The van der Waals surface area contributed by atoms with Crippen molar-refractivity contribution >= 4 is 39.9 Å². The SMILES string of the molecule is CCN[C@H](C)CNC(=O)CN(C)S(=O)(=O)c1ccc(NC(C)=O)cc1.Cl. The molecule has 0 aliphatic heterocycles. The lowest BCUT2D eigenvalue weighted by Gasteiger charge is -2.18. The van der Waals surface area contributed by atoms with Gasteiger partial charge in [0.15, 0.2) is 0 Å². The third-order valence-corrected chi connectivity index (χ3v) is 5.22. The zero-order valence-electron chi connectivity index (χ0n) is 15.4. The van der Waals surface area contributed by atoms with E-state index in [0.29, 0.717) is 12.2 Å². The van der Waals surface area contributed by atoms with Crippen LogP contribution in [0.3, 0.4) is 0 Å². The van der Waals surface area contributed by atoms with Gasteiger partial charge in [0.1, 0.15) is 0 Å². The van der Waals surface area contributed by atoms with Gasteiger partial charge in [-0.3, -0.25) is 9.59 Å². The molecular weight excluding hydrogens is 380 g/mol. The number of hydrogen-bond acceptors (Lipinski definition) is 5. The first kappa shape index (κ1) is 24.3. The molecule has 0 spiro atoms. The molecule has 0 aliphatic rings. The fraction of sp³-hybridized carbons (Fsp3) is 0.500. The molecule has 0 saturated heterocycles. The van der Waals surface area contributed by atoms with E-state index in [2.05, 4.69) is 16.0 Å². The van der Waals surface area contributed by atoms with Crippen molar-refractivity contribution in [2.75, 3.05) is 32.0 Å². The summed E-state index contributed by atoms with van der Waals surface area (Å²) in [6.07, 6.45) is 0. The summed E-state index contributed by atoms with van der Waals surface area (Å²) in [5, 5.41) is 8.41. The molecule has 0 bridgehead atoms. The number of anilines is 1. The minimum atomic E-state index is -3.78. The van der Waals surface area contributed by atoms with E-state index in [0.717, 1.165) is 10.8 Å². The number of rotatable bonds is 9. The van der Waals surface area contributed by atoms with Crippen LogP contribution in [-0.4, -0.2) is 57.3 Å². The number of sulfonamides is 1. The number of hydrogen-bond donors (Lipinski definition) is 3. The van der Waals surface area contributed by atoms with Crippen molar-refractivity contribution in [2.45, 2.75) is 31.7 Å². The van der Waals surface area contributed by atoms with Gasteiger partial charge < -0.3 is 16.0 Å². The van der Waals surface area contributed by atoms with Crippen LogP contribution < -0.4 is 16.0 Å². The molecule has 0 fully saturated rings. The average molecular weight is 407 g/mol. The topological polar surface area (TPSA) is 108 Å². The molecule has 26 heavy (non-hydrogen) atoms. The number of carbonyl (C=O) groups excluding carboxylic acids is 2. The molecule has 1 rings (SSSR count). The van der Waals surface area contributed by atoms with Crippen LogP contribution in [0.5, 0.6) is 0 Å². The van der Waals surface area contributed by atoms with E-state index in [1.165, 1.54) is 38.2 Å². The minimum absolute atomic E-state index is 0. The Morgan fingerprint density at radius 1 is 1.19 bits per heavy atom. The first-order chi connectivity index (χ1) is 11.7. The Hall–Kier alpha value is -1.68. The van der Waals surface area contributed by atoms with E-state index in [1.807, 2.05) is 13.8 Å². The van der Waals surface area contributed by atoms with Gasteiger partial charge in [-0.1, -0.05) is 6.92 Å². The number of benzene rings is 1. The summed E-state index contributed by atoms with van der Waals surface area (Å²) in [4.78, 5) is 23.0. The molecule has 3 N–H and O–H groups in total. The number of carbonyl (C=O) groups is 2. The van der Waals surface area contributed by atoms with Crippen LogP contribution in [0.2, 0.25) is 0 Å². The summed E-state index contributed by atoms with van der Waals surface area (Å²) < 4.78 is 26.0. The smallest absolute Gasteiger partial charge is 0.243 e. The predicted molar refractivity (Wildman–Crippen MR) is 104 cm³/mol. The first-order valence-electron chi connectivity index (χ1n) is 8.01. The van der Waals surface area contributed by atoms with Gasteiger partial charge in [0, 0.05) is 32.2 Å². The zero-order chi connectivity index (χ0) is 19.0. The molecule has 148 valence electrons. The third kappa shape index (κ3) is 7.69. The number of halogens is 1. The Bertz CT molecular complexity index is 695. The fourth-order valence-corrected chi connectivity index (χ4v) is 3.25. The maximum atomic E-state index is 12.5. The third-order valence-electron chi connectivity index (χ3n) is 3.41. The Morgan fingerprint density at radius 2 is 1.77 bits per heavy atom. The van der Waals surface area contributed by atoms with Gasteiger partial charge in [-0.25, -0.2) is 8.42 Å². The monoisotopic (exact) mass is 406 g/mol. The molecular formula is C16H27ClN4O4S. The van der Waals surface area contributed by atoms with Crippen molar-refractivity contribution in [3.05, 3.63) is 24.3 Å². The van der Waals surface area contributed by atoms with Crippen molar-refractivity contribution < 1.29 is 18.0 Å². The molecule has 8 nitrogen and oxygen atoms in total. The molecule has 0 heterocycles. The zero-order valence-corrected chi connectivity index (χ0v) is 17.0. The van der Waals surface area contributed by atoms with Gasteiger partial charge in [0.05, 0.1) is 11.4 Å². The van der Waals surface area contributed by atoms with Crippen LogP contribution >= 0.6 is 12.4 Å². The highest BCUT2D eigenvalue weighted by molar-refractivity contribution is 7.89. The number of likely N-dealkylation sites (N-methyl/N-ethyl adjacent to an activating group) is 2. The lowest BCUT2D eigenvalue weighted by molar-refractivity contribution is -0.121. The van der Waals surface area contributed by atoms with Crippen LogP contribution in [0, 0.1) is 0 Å². The summed E-state index contributed by atoms with van der Waals surface area (Å²) in [6, 6.07) is 5.89. The van der Waals surface area contributed by atoms with Crippen LogP contribution in [0.15, 0.2) is 29.2 Å². The fourth-order valence-electron chi connectivity index (χ4n) is 2.12. The van der Waals surface area contributed by atoms with E-state index < -0.39 is 10.0 Å². The highest BCUT2D eigenvalue weighted by Crippen LogP contribution is 2.17. The van der Waals surface area contributed by atoms with Crippen molar-refractivity contribution in [3.8, 4) is 0 Å². The van der Waals surface area contributed by atoms with Crippen LogP contribution in [-0.2, 0) is 19.6 Å². The predicted octanol–water partition coefficient (Wildman–Crippen LogP) is 0.802. The van der Waals surface area contributed by atoms with Gasteiger partial charge in [-0.15, -0.1) is 12.4 Å². The number of nitrogens with zero attached hydrogens (tertiary/aromatic N) is 1. The molecule has 2 amide bonds. The molecule has 0 unspecified atom stereocenters. The molecule has 0 radical (unpaired) electrons. The van der Waals surface area contributed by atoms with Crippen molar-refractivity contribution in [3.63, 3.8) is 0 Å². The van der Waals surface area contributed by atoms with Gasteiger partial charge >= 0.3 is 0 Å². The highest BCUT2D eigenvalue weighted by Gasteiger charge is 2.23. The van der Waals surface area contributed by atoms with E-state index in [9.17, 15) is 18.0 Å². The van der Waals surface area contributed by atoms with E-state index in [4.69, 9.17) is 0 Å². The Balaban J connectivity index is 0.00000625. The second kappa shape index (κ2) is 11.1. The largest absolute Gasteiger partial charge is 0.353 e. The van der Waals surface area contributed by atoms with Crippen LogP contribution in [0.25, 0.3) is 0 Å². The molecule has 1 aromatic carbocycles. The average Bonchev–Trinajstić information content (AvgIpc) is 2.53. The standard InChI is InChI=1S/C16H26N4O4S.ClH/c1-5-17-12(2)10-18-16(22)11-20(4)25(23,24)15-8-6-14(7-9-15)19-13(3)21;/h6-9,12,17H,5,10-11H2,1-4H3,(H,18,22)(H,19,21);1H/t12-;/m1./s1. The van der Waals surface area contributed by atoms with Gasteiger partial charge in [0.25, 0.3) is 0 Å².